The maximum Gasteiger partial charge on any atom is 0.247 e. The van der Waals surface area contributed by atoms with Gasteiger partial charge in [0.1, 0.15) is 11.6 Å². The van der Waals surface area contributed by atoms with Gasteiger partial charge in [-0.25, -0.2) is 8.78 Å². The molecule has 84 valence electrons. The summed E-state index contributed by atoms with van der Waals surface area (Å²) in [6, 6.07) is 2.55. The van der Waals surface area contributed by atoms with Gasteiger partial charge in [0.05, 0.1) is 0 Å². The Morgan fingerprint density at radius 1 is 1.25 bits per heavy atom. The molecule has 1 aliphatic heterocycles. The van der Waals surface area contributed by atoms with E-state index in [1.807, 2.05) is 0 Å². The van der Waals surface area contributed by atoms with Crippen LogP contribution in [-0.2, 0) is 9.53 Å². The lowest BCUT2D eigenvalue weighted by Crippen LogP contribution is -2.10. The molecule has 6 heteroatoms. The van der Waals surface area contributed by atoms with Crippen LogP contribution in [0.4, 0.5) is 8.78 Å². The quantitative estimate of drug-likeness (QED) is 0.758. The van der Waals surface area contributed by atoms with Crippen molar-refractivity contribution in [3.63, 3.8) is 0 Å². The van der Waals surface area contributed by atoms with E-state index in [0.29, 0.717) is 6.07 Å². The molecule has 16 heavy (non-hydrogen) atoms. The molecule has 0 bridgehead atoms. The standard InChI is InChI=1S/C10H7F2NO3/c11-5-1-4(2-6(12)3-5)9-7(14)8(15)10(13)16-9/h1-3,9,15H,13H2. The van der Waals surface area contributed by atoms with Gasteiger partial charge < -0.3 is 15.6 Å². The van der Waals surface area contributed by atoms with E-state index < -0.39 is 35.2 Å². The highest BCUT2D eigenvalue weighted by Gasteiger charge is 2.35. The topological polar surface area (TPSA) is 72.5 Å². The van der Waals surface area contributed by atoms with Crippen molar-refractivity contribution in [3.05, 3.63) is 47.0 Å². The highest BCUT2D eigenvalue weighted by Crippen LogP contribution is 2.30. The Balaban J connectivity index is 2.38. The number of rotatable bonds is 1. The normalized spacial score (nSPS) is 20.1. The van der Waals surface area contributed by atoms with Crippen molar-refractivity contribution in [1.82, 2.24) is 0 Å². The summed E-state index contributed by atoms with van der Waals surface area (Å²) in [7, 11) is 0. The highest BCUT2D eigenvalue weighted by molar-refractivity contribution is 5.99. The van der Waals surface area contributed by atoms with Crippen molar-refractivity contribution >= 4 is 5.78 Å². The summed E-state index contributed by atoms with van der Waals surface area (Å²) in [4.78, 5) is 11.4. The molecule has 1 atom stereocenters. The van der Waals surface area contributed by atoms with E-state index in [1.54, 1.807) is 0 Å². The molecule has 0 saturated carbocycles. The minimum absolute atomic E-state index is 0.0329. The zero-order valence-electron chi connectivity index (χ0n) is 7.91. The molecule has 0 spiro atoms. The van der Waals surface area contributed by atoms with Gasteiger partial charge in [0, 0.05) is 11.6 Å². The smallest absolute Gasteiger partial charge is 0.247 e. The molecular weight excluding hydrogens is 220 g/mol. The van der Waals surface area contributed by atoms with Crippen molar-refractivity contribution in [1.29, 1.82) is 0 Å². The molecule has 0 amide bonds. The Morgan fingerprint density at radius 3 is 2.25 bits per heavy atom. The molecule has 3 N–H and O–H groups in total. The van der Waals surface area contributed by atoms with Crippen molar-refractivity contribution in [3.8, 4) is 0 Å². The molecule has 0 aromatic heterocycles. The Morgan fingerprint density at radius 2 is 1.81 bits per heavy atom. The third kappa shape index (κ3) is 1.58. The Kier molecular flexibility index (Phi) is 2.26. The number of hydrogen-bond donors (Lipinski definition) is 2. The van der Waals surface area contributed by atoms with Crippen molar-refractivity contribution in [2.45, 2.75) is 6.10 Å². The molecule has 0 aliphatic carbocycles. The lowest BCUT2D eigenvalue weighted by Gasteiger charge is -2.09. The molecule has 1 unspecified atom stereocenters. The summed E-state index contributed by atoms with van der Waals surface area (Å²) in [5.41, 5.74) is 5.14. The summed E-state index contributed by atoms with van der Waals surface area (Å²) >= 11 is 0. The van der Waals surface area contributed by atoms with Crippen LogP contribution in [0.1, 0.15) is 11.7 Å². The largest absolute Gasteiger partial charge is 0.501 e. The third-order valence-electron chi connectivity index (χ3n) is 2.14. The average molecular weight is 227 g/mol. The van der Waals surface area contributed by atoms with Crippen LogP contribution in [0.3, 0.4) is 0 Å². The monoisotopic (exact) mass is 227 g/mol. The van der Waals surface area contributed by atoms with E-state index in [2.05, 4.69) is 0 Å². The summed E-state index contributed by atoms with van der Waals surface area (Å²) < 4.78 is 30.6. The number of ketones is 1. The minimum Gasteiger partial charge on any atom is -0.501 e. The number of benzene rings is 1. The van der Waals surface area contributed by atoms with E-state index in [4.69, 9.17) is 15.6 Å². The molecule has 1 aromatic rings. The van der Waals surface area contributed by atoms with Gasteiger partial charge in [0.25, 0.3) is 0 Å². The van der Waals surface area contributed by atoms with Crippen LogP contribution in [0.25, 0.3) is 0 Å². The average Bonchev–Trinajstić information content (AvgIpc) is 2.44. The van der Waals surface area contributed by atoms with Crippen LogP contribution in [0.5, 0.6) is 0 Å². The molecule has 0 radical (unpaired) electrons. The van der Waals surface area contributed by atoms with Gasteiger partial charge in [-0.2, -0.15) is 0 Å². The molecular formula is C10H7F2NO3. The number of Topliss-reactive ketones (excluding diaryl/α,β-unsaturated/α-hetero) is 1. The Labute approximate surface area is 88.9 Å². The van der Waals surface area contributed by atoms with E-state index in [9.17, 15) is 13.6 Å². The fourth-order valence-corrected chi connectivity index (χ4v) is 1.43. The van der Waals surface area contributed by atoms with Gasteiger partial charge in [-0.3, -0.25) is 4.79 Å². The van der Waals surface area contributed by atoms with Gasteiger partial charge in [-0.1, -0.05) is 0 Å². The fraction of sp³-hybridized carbons (Fsp3) is 0.100. The number of halogens is 2. The summed E-state index contributed by atoms with van der Waals surface area (Å²) in [5.74, 6) is -3.66. The lowest BCUT2D eigenvalue weighted by molar-refractivity contribution is -0.123. The lowest BCUT2D eigenvalue weighted by atomic mass is 10.1. The van der Waals surface area contributed by atoms with E-state index in [1.165, 1.54) is 0 Å². The van der Waals surface area contributed by atoms with Gasteiger partial charge >= 0.3 is 0 Å². The fourth-order valence-electron chi connectivity index (χ4n) is 1.43. The van der Waals surface area contributed by atoms with Crippen molar-refractivity contribution in [2.24, 2.45) is 5.73 Å². The molecule has 1 heterocycles. The number of aliphatic hydroxyl groups is 1. The van der Waals surface area contributed by atoms with Crippen LogP contribution in [0.2, 0.25) is 0 Å². The second-order valence-electron chi connectivity index (χ2n) is 3.28. The molecule has 4 nitrogen and oxygen atoms in total. The van der Waals surface area contributed by atoms with Gasteiger partial charge in [-0.05, 0) is 12.1 Å². The highest BCUT2D eigenvalue weighted by atomic mass is 19.1. The number of carbonyl (C=O) groups is 1. The third-order valence-corrected chi connectivity index (χ3v) is 2.14. The van der Waals surface area contributed by atoms with Gasteiger partial charge in [-0.15, -0.1) is 0 Å². The number of ether oxygens (including phenoxy) is 1. The number of nitrogens with two attached hydrogens (primary N) is 1. The molecule has 2 rings (SSSR count). The maximum absolute atomic E-state index is 12.9. The van der Waals surface area contributed by atoms with Gasteiger partial charge in [0.2, 0.25) is 17.4 Å². The summed E-state index contributed by atoms with van der Waals surface area (Å²) in [6.07, 6.45) is -1.29. The Hall–Kier alpha value is -2.11. The predicted molar refractivity (Wildman–Crippen MR) is 49.0 cm³/mol. The Bertz CT molecular complexity index is 479. The van der Waals surface area contributed by atoms with Crippen molar-refractivity contribution < 1.29 is 23.4 Å². The SMILES string of the molecule is NC1=C(O)C(=O)C(c2cc(F)cc(F)c2)O1. The van der Waals surface area contributed by atoms with Crippen LogP contribution in [0, 0.1) is 11.6 Å². The predicted octanol–water partition coefficient (Wildman–Crippen LogP) is 1.29. The zero-order chi connectivity index (χ0) is 11.9. The minimum atomic E-state index is -1.29. The first-order chi connectivity index (χ1) is 7.49. The first-order valence-electron chi connectivity index (χ1n) is 4.34. The molecule has 1 aliphatic rings. The second-order valence-corrected chi connectivity index (χ2v) is 3.28. The number of carbonyl (C=O) groups excluding carboxylic acids is 1. The maximum atomic E-state index is 12.9. The molecule has 0 fully saturated rings. The van der Waals surface area contributed by atoms with Crippen molar-refractivity contribution in [2.75, 3.05) is 0 Å². The first kappa shape index (κ1) is 10.4. The first-order valence-corrected chi connectivity index (χ1v) is 4.34. The van der Waals surface area contributed by atoms with Gasteiger partial charge in [0.15, 0.2) is 6.10 Å². The number of hydrogen-bond acceptors (Lipinski definition) is 4. The van der Waals surface area contributed by atoms with Crippen LogP contribution < -0.4 is 5.73 Å². The summed E-state index contributed by atoms with van der Waals surface area (Å²) in [5, 5.41) is 9.13. The van der Waals surface area contributed by atoms with Crippen LogP contribution >= 0.6 is 0 Å². The van der Waals surface area contributed by atoms with Crippen LogP contribution in [-0.4, -0.2) is 10.9 Å². The zero-order valence-corrected chi connectivity index (χ0v) is 7.91. The molecule has 1 aromatic carbocycles. The number of aliphatic hydroxyl groups excluding tert-OH is 1. The van der Waals surface area contributed by atoms with E-state index in [0.717, 1.165) is 12.1 Å². The van der Waals surface area contributed by atoms with E-state index in [-0.39, 0.29) is 5.56 Å². The molecule has 0 saturated heterocycles. The van der Waals surface area contributed by atoms with Crippen LogP contribution in [0.15, 0.2) is 29.8 Å². The van der Waals surface area contributed by atoms with E-state index >= 15 is 0 Å². The summed E-state index contributed by atoms with van der Waals surface area (Å²) in [6.45, 7) is 0. The second kappa shape index (κ2) is 3.48.